The van der Waals surface area contributed by atoms with E-state index in [0.717, 1.165) is 5.56 Å². The van der Waals surface area contributed by atoms with E-state index in [1.54, 1.807) is 25.1 Å². The Kier molecular flexibility index (Phi) is 4.77. The molecule has 88 valence electrons. The second kappa shape index (κ2) is 5.87. The summed E-state index contributed by atoms with van der Waals surface area (Å²) in [6.45, 7) is 3.66. The molecular weight excluding hydrogens is 226 g/mol. The summed E-state index contributed by atoms with van der Waals surface area (Å²) in [7, 11) is 0. The summed E-state index contributed by atoms with van der Waals surface area (Å²) < 4.78 is 0. The van der Waals surface area contributed by atoms with E-state index in [1.165, 1.54) is 0 Å². The van der Waals surface area contributed by atoms with Crippen LogP contribution in [0.25, 0.3) is 0 Å². The van der Waals surface area contributed by atoms with E-state index in [4.69, 9.17) is 16.7 Å². The lowest BCUT2D eigenvalue weighted by molar-refractivity contribution is 0.0914. The van der Waals surface area contributed by atoms with Gasteiger partial charge in [0.2, 0.25) is 0 Å². The van der Waals surface area contributed by atoms with Crippen molar-refractivity contribution in [3.05, 3.63) is 34.3 Å². The minimum atomic E-state index is -0.203. The van der Waals surface area contributed by atoms with Crippen LogP contribution in [-0.4, -0.2) is 23.7 Å². The van der Waals surface area contributed by atoms with Gasteiger partial charge in [0.25, 0.3) is 5.91 Å². The Hall–Kier alpha value is -1.06. The lowest BCUT2D eigenvalue weighted by Crippen LogP contribution is -2.37. The van der Waals surface area contributed by atoms with E-state index in [-0.39, 0.29) is 18.6 Å². The Balaban J connectivity index is 2.84. The molecule has 4 heteroatoms. The molecule has 0 aliphatic rings. The van der Waals surface area contributed by atoms with Gasteiger partial charge < -0.3 is 10.4 Å². The predicted molar refractivity (Wildman–Crippen MR) is 64.8 cm³/mol. The molecule has 1 rings (SSSR count). The minimum absolute atomic E-state index is 0.0537. The van der Waals surface area contributed by atoms with E-state index in [9.17, 15) is 4.79 Å². The van der Waals surface area contributed by atoms with Crippen LogP contribution >= 0.6 is 11.6 Å². The Morgan fingerprint density at radius 1 is 1.56 bits per heavy atom. The highest BCUT2D eigenvalue weighted by Gasteiger charge is 2.14. The van der Waals surface area contributed by atoms with Crippen LogP contribution in [0.3, 0.4) is 0 Å². The molecular formula is C12H16ClNO2. The summed E-state index contributed by atoms with van der Waals surface area (Å²) >= 11 is 5.93. The number of benzene rings is 1. The molecule has 0 aliphatic carbocycles. The summed E-state index contributed by atoms with van der Waals surface area (Å²) in [6.07, 6.45) is 0.696. The van der Waals surface area contributed by atoms with Crippen molar-refractivity contribution in [1.82, 2.24) is 5.32 Å². The van der Waals surface area contributed by atoms with Gasteiger partial charge in [-0.2, -0.15) is 0 Å². The molecule has 0 unspecified atom stereocenters. The van der Waals surface area contributed by atoms with E-state index in [0.29, 0.717) is 17.0 Å². The molecule has 0 saturated carbocycles. The van der Waals surface area contributed by atoms with Crippen molar-refractivity contribution in [3.63, 3.8) is 0 Å². The number of aliphatic hydroxyl groups is 1. The second-order valence-electron chi connectivity index (χ2n) is 3.67. The van der Waals surface area contributed by atoms with E-state index in [2.05, 4.69) is 5.32 Å². The number of hydrogen-bond donors (Lipinski definition) is 2. The third-order valence-corrected chi connectivity index (χ3v) is 2.97. The molecule has 1 atom stereocenters. The van der Waals surface area contributed by atoms with Crippen LogP contribution in [0.5, 0.6) is 0 Å². The molecule has 0 radical (unpaired) electrons. The van der Waals surface area contributed by atoms with Gasteiger partial charge in [-0.3, -0.25) is 4.79 Å². The van der Waals surface area contributed by atoms with Gasteiger partial charge in [0.05, 0.1) is 12.6 Å². The number of carbonyl (C=O) groups excluding carboxylic acids is 1. The van der Waals surface area contributed by atoms with Gasteiger partial charge in [-0.05, 0) is 31.0 Å². The van der Waals surface area contributed by atoms with Crippen molar-refractivity contribution in [2.45, 2.75) is 26.3 Å². The van der Waals surface area contributed by atoms with Gasteiger partial charge in [0.1, 0.15) is 0 Å². The normalized spacial score (nSPS) is 12.2. The molecule has 1 amide bonds. The molecule has 1 aromatic carbocycles. The van der Waals surface area contributed by atoms with Gasteiger partial charge in [0.15, 0.2) is 0 Å². The lowest BCUT2D eigenvalue weighted by atomic mass is 10.1. The van der Waals surface area contributed by atoms with Crippen LogP contribution in [0.4, 0.5) is 0 Å². The Labute approximate surface area is 100 Å². The third kappa shape index (κ3) is 2.97. The van der Waals surface area contributed by atoms with Crippen molar-refractivity contribution in [2.24, 2.45) is 0 Å². The number of carbonyl (C=O) groups is 1. The summed E-state index contributed by atoms with van der Waals surface area (Å²) in [6, 6.07) is 5.01. The maximum Gasteiger partial charge on any atom is 0.251 e. The SMILES string of the molecule is CC[C@@H](CO)NC(=O)c1cccc(Cl)c1C. The molecule has 0 aliphatic heterocycles. The molecule has 2 N–H and O–H groups in total. The van der Waals surface area contributed by atoms with Crippen molar-refractivity contribution >= 4 is 17.5 Å². The number of rotatable bonds is 4. The first-order chi connectivity index (χ1) is 7.60. The zero-order chi connectivity index (χ0) is 12.1. The fraction of sp³-hybridized carbons (Fsp3) is 0.417. The van der Waals surface area contributed by atoms with Crippen LogP contribution < -0.4 is 5.32 Å². The van der Waals surface area contributed by atoms with Gasteiger partial charge in [-0.25, -0.2) is 0 Å². The molecule has 0 heterocycles. The summed E-state index contributed by atoms with van der Waals surface area (Å²) in [4.78, 5) is 11.9. The van der Waals surface area contributed by atoms with Gasteiger partial charge in [-0.15, -0.1) is 0 Å². The van der Waals surface area contributed by atoms with Crippen molar-refractivity contribution < 1.29 is 9.90 Å². The zero-order valence-corrected chi connectivity index (χ0v) is 10.2. The summed E-state index contributed by atoms with van der Waals surface area (Å²) in [5.41, 5.74) is 1.31. The highest BCUT2D eigenvalue weighted by atomic mass is 35.5. The van der Waals surface area contributed by atoms with Crippen molar-refractivity contribution in [2.75, 3.05) is 6.61 Å². The molecule has 0 spiro atoms. The quantitative estimate of drug-likeness (QED) is 0.849. The minimum Gasteiger partial charge on any atom is -0.394 e. The predicted octanol–water partition coefficient (Wildman–Crippen LogP) is 2.15. The second-order valence-corrected chi connectivity index (χ2v) is 4.08. The average molecular weight is 242 g/mol. The summed E-state index contributed by atoms with van der Waals surface area (Å²) in [5, 5.41) is 12.3. The van der Waals surface area contributed by atoms with Crippen LogP contribution in [0.1, 0.15) is 29.3 Å². The number of nitrogens with one attached hydrogen (secondary N) is 1. The maximum atomic E-state index is 11.9. The maximum absolute atomic E-state index is 11.9. The Bertz CT molecular complexity index is 375. The van der Waals surface area contributed by atoms with E-state index < -0.39 is 0 Å². The van der Waals surface area contributed by atoms with Crippen LogP contribution in [0.2, 0.25) is 5.02 Å². The van der Waals surface area contributed by atoms with Crippen molar-refractivity contribution in [3.8, 4) is 0 Å². The zero-order valence-electron chi connectivity index (χ0n) is 9.46. The molecule has 1 aromatic rings. The number of halogens is 1. The average Bonchev–Trinajstić information content (AvgIpc) is 2.29. The lowest BCUT2D eigenvalue weighted by Gasteiger charge is -2.15. The van der Waals surface area contributed by atoms with Gasteiger partial charge in [0, 0.05) is 10.6 Å². The van der Waals surface area contributed by atoms with Gasteiger partial charge in [-0.1, -0.05) is 24.6 Å². The first kappa shape index (κ1) is 13.0. The number of amides is 1. The number of hydrogen-bond acceptors (Lipinski definition) is 2. The fourth-order valence-electron chi connectivity index (χ4n) is 1.39. The number of aliphatic hydroxyl groups excluding tert-OH is 1. The molecule has 0 fully saturated rings. The van der Waals surface area contributed by atoms with Gasteiger partial charge >= 0.3 is 0 Å². The van der Waals surface area contributed by atoms with Crippen LogP contribution in [0, 0.1) is 6.92 Å². The summed E-state index contributed by atoms with van der Waals surface area (Å²) in [5.74, 6) is -0.194. The van der Waals surface area contributed by atoms with Crippen LogP contribution in [-0.2, 0) is 0 Å². The Morgan fingerprint density at radius 3 is 2.81 bits per heavy atom. The topological polar surface area (TPSA) is 49.3 Å². The molecule has 3 nitrogen and oxygen atoms in total. The molecule has 0 saturated heterocycles. The van der Waals surface area contributed by atoms with Crippen molar-refractivity contribution in [1.29, 1.82) is 0 Å². The van der Waals surface area contributed by atoms with E-state index >= 15 is 0 Å². The molecule has 0 bridgehead atoms. The largest absolute Gasteiger partial charge is 0.394 e. The highest BCUT2D eigenvalue weighted by Crippen LogP contribution is 2.18. The van der Waals surface area contributed by atoms with Crippen LogP contribution in [0.15, 0.2) is 18.2 Å². The smallest absolute Gasteiger partial charge is 0.251 e. The van der Waals surface area contributed by atoms with E-state index in [1.807, 2.05) is 6.92 Å². The monoisotopic (exact) mass is 241 g/mol. The first-order valence-electron chi connectivity index (χ1n) is 5.27. The standard InChI is InChI=1S/C12H16ClNO2/c1-3-9(7-15)14-12(16)10-5-4-6-11(13)8(10)2/h4-6,9,15H,3,7H2,1-2H3,(H,14,16)/t9-/m0/s1. The molecule has 16 heavy (non-hydrogen) atoms. The fourth-order valence-corrected chi connectivity index (χ4v) is 1.57. The third-order valence-electron chi connectivity index (χ3n) is 2.56. The first-order valence-corrected chi connectivity index (χ1v) is 5.64. The Morgan fingerprint density at radius 2 is 2.25 bits per heavy atom. The molecule has 0 aromatic heterocycles. The highest BCUT2D eigenvalue weighted by molar-refractivity contribution is 6.31.